The van der Waals surface area contributed by atoms with Crippen LogP contribution in [0.2, 0.25) is 0 Å². The van der Waals surface area contributed by atoms with E-state index in [2.05, 4.69) is 5.32 Å². The summed E-state index contributed by atoms with van der Waals surface area (Å²) in [4.78, 5) is 53.5. The minimum Gasteiger partial charge on any atom is -0.349 e. The van der Waals surface area contributed by atoms with Crippen molar-refractivity contribution in [2.45, 2.75) is 46.6 Å². The van der Waals surface area contributed by atoms with Crippen LogP contribution in [0.25, 0.3) is 0 Å². The summed E-state index contributed by atoms with van der Waals surface area (Å²) in [5, 5.41) is 3.00. The fraction of sp³-hybridized carbons (Fsp3) is 0.565. The number of carbonyl (C=O) groups excluding carboxylic acids is 4. The molecule has 0 unspecified atom stereocenters. The molecule has 2 aliphatic heterocycles. The van der Waals surface area contributed by atoms with Gasteiger partial charge in [-0.25, -0.2) is 0 Å². The van der Waals surface area contributed by atoms with Gasteiger partial charge in [-0.15, -0.1) is 11.6 Å². The second kappa shape index (κ2) is 8.99. The van der Waals surface area contributed by atoms with Gasteiger partial charge in [-0.2, -0.15) is 0 Å². The lowest BCUT2D eigenvalue weighted by atomic mass is 9.92. The first-order valence-electron chi connectivity index (χ1n) is 10.7. The third-order valence-corrected chi connectivity index (χ3v) is 6.48. The predicted molar refractivity (Wildman–Crippen MR) is 118 cm³/mol. The molecule has 1 aromatic carbocycles. The van der Waals surface area contributed by atoms with Crippen LogP contribution in [-0.2, 0) is 4.79 Å². The van der Waals surface area contributed by atoms with Gasteiger partial charge in [-0.1, -0.05) is 13.8 Å². The smallest absolute Gasteiger partial charge is 0.261 e. The number of hydrogen-bond donors (Lipinski definition) is 1. The second-order valence-corrected chi connectivity index (χ2v) is 9.70. The third kappa shape index (κ3) is 4.76. The van der Waals surface area contributed by atoms with Gasteiger partial charge in [0.1, 0.15) is 0 Å². The average Bonchev–Trinajstić information content (AvgIpc) is 2.97. The molecule has 1 aromatic rings. The summed E-state index contributed by atoms with van der Waals surface area (Å²) in [5.74, 6) is -0.486. The Hall–Kier alpha value is -2.41. The summed E-state index contributed by atoms with van der Waals surface area (Å²) < 4.78 is 0. The Balaban J connectivity index is 1.62. The highest BCUT2D eigenvalue weighted by molar-refractivity contribution is 6.22. The molecule has 1 saturated heterocycles. The standard InChI is InChI=1S/C23H30ClN3O4/c1-14(2)12-27-20(29)17-6-5-15(11-18(17)21(27)30)19(28)25-16-7-9-26(10-8-16)22(31)23(3,4)13-24/h5-6,11,14,16H,7-10,12-13H2,1-4H3,(H,25,28). The number of benzene rings is 1. The van der Waals surface area contributed by atoms with E-state index >= 15 is 0 Å². The molecule has 168 valence electrons. The first-order valence-corrected chi connectivity index (χ1v) is 11.2. The number of amides is 4. The van der Waals surface area contributed by atoms with Crippen molar-refractivity contribution in [3.63, 3.8) is 0 Å². The van der Waals surface area contributed by atoms with E-state index in [1.165, 1.54) is 11.0 Å². The van der Waals surface area contributed by atoms with Gasteiger partial charge in [0.2, 0.25) is 5.91 Å². The van der Waals surface area contributed by atoms with Crippen LogP contribution in [0.15, 0.2) is 18.2 Å². The Kier molecular flexibility index (Phi) is 6.74. The third-order valence-electron chi connectivity index (χ3n) is 5.81. The summed E-state index contributed by atoms with van der Waals surface area (Å²) in [6.07, 6.45) is 1.31. The zero-order valence-corrected chi connectivity index (χ0v) is 19.3. The average molecular weight is 448 g/mol. The number of halogens is 1. The van der Waals surface area contributed by atoms with Crippen molar-refractivity contribution in [3.05, 3.63) is 34.9 Å². The maximum absolute atomic E-state index is 12.8. The summed E-state index contributed by atoms with van der Waals surface area (Å²) in [7, 11) is 0. The Morgan fingerprint density at radius 3 is 2.32 bits per heavy atom. The van der Waals surface area contributed by atoms with Crippen LogP contribution in [0.1, 0.15) is 71.6 Å². The Labute approximate surface area is 188 Å². The van der Waals surface area contributed by atoms with E-state index < -0.39 is 5.41 Å². The SMILES string of the molecule is CC(C)CN1C(=O)c2ccc(C(=O)NC3CCN(C(=O)C(C)(C)CCl)CC3)cc2C1=O. The van der Waals surface area contributed by atoms with E-state index in [1.54, 1.807) is 17.0 Å². The number of carbonyl (C=O) groups is 4. The highest BCUT2D eigenvalue weighted by Gasteiger charge is 2.37. The summed E-state index contributed by atoms with van der Waals surface area (Å²) >= 11 is 5.91. The number of piperidine rings is 1. The molecule has 0 aromatic heterocycles. The number of alkyl halides is 1. The molecule has 3 rings (SSSR count). The highest BCUT2D eigenvalue weighted by Crippen LogP contribution is 2.26. The van der Waals surface area contributed by atoms with E-state index in [1.807, 2.05) is 27.7 Å². The summed E-state index contributed by atoms with van der Waals surface area (Å²) in [5.41, 5.74) is 0.376. The highest BCUT2D eigenvalue weighted by atomic mass is 35.5. The van der Waals surface area contributed by atoms with Gasteiger partial charge in [0.15, 0.2) is 0 Å². The minimum absolute atomic E-state index is 0.0278. The zero-order valence-electron chi connectivity index (χ0n) is 18.5. The van der Waals surface area contributed by atoms with Crippen molar-refractivity contribution in [1.82, 2.24) is 15.1 Å². The molecule has 0 radical (unpaired) electrons. The molecule has 2 heterocycles. The molecule has 1 fully saturated rings. The largest absolute Gasteiger partial charge is 0.349 e. The maximum atomic E-state index is 12.8. The van der Waals surface area contributed by atoms with Crippen molar-refractivity contribution in [3.8, 4) is 0 Å². The van der Waals surface area contributed by atoms with Crippen LogP contribution in [0.3, 0.4) is 0 Å². The first-order chi connectivity index (χ1) is 14.5. The van der Waals surface area contributed by atoms with Crippen LogP contribution in [-0.4, -0.2) is 65.0 Å². The molecule has 1 N–H and O–H groups in total. The number of fused-ring (bicyclic) bond motifs is 1. The van der Waals surface area contributed by atoms with Crippen molar-refractivity contribution >= 4 is 35.2 Å². The molecule has 8 heteroatoms. The van der Waals surface area contributed by atoms with E-state index in [-0.39, 0.29) is 47.0 Å². The lowest BCUT2D eigenvalue weighted by Crippen LogP contribution is -2.50. The normalized spacial score (nSPS) is 17.4. The van der Waals surface area contributed by atoms with Crippen LogP contribution in [0, 0.1) is 11.3 Å². The monoisotopic (exact) mass is 447 g/mol. The van der Waals surface area contributed by atoms with Gasteiger partial charge >= 0.3 is 0 Å². The molecule has 7 nitrogen and oxygen atoms in total. The molecule has 31 heavy (non-hydrogen) atoms. The molecule has 2 aliphatic rings. The van der Waals surface area contributed by atoms with Gasteiger partial charge in [-0.3, -0.25) is 24.1 Å². The Morgan fingerprint density at radius 1 is 1.13 bits per heavy atom. The summed E-state index contributed by atoms with van der Waals surface area (Å²) in [6.45, 7) is 9.02. The van der Waals surface area contributed by atoms with Gasteiger partial charge in [0.25, 0.3) is 17.7 Å². The molecule has 0 bridgehead atoms. The van der Waals surface area contributed by atoms with Crippen molar-refractivity contribution in [2.24, 2.45) is 11.3 Å². The van der Waals surface area contributed by atoms with Crippen LogP contribution in [0.5, 0.6) is 0 Å². The quantitative estimate of drug-likeness (QED) is 0.536. The molecule has 0 aliphatic carbocycles. The van der Waals surface area contributed by atoms with Crippen LogP contribution in [0.4, 0.5) is 0 Å². The predicted octanol–water partition coefficient (Wildman–Crippen LogP) is 2.92. The number of rotatable bonds is 6. The molecule has 4 amide bonds. The number of nitrogens with zero attached hydrogens (tertiary/aromatic N) is 2. The fourth-order valence-electron chi connectivity index (χ4n) is 3.94. The van der Waals surface area contributed by atoms with Gasteiger partial charge < -0.3 is 10.2 Å². The molecular formula is C23H30ClN3O4. The van der Waals surface area contributed by atoms with Gasteiger partial charge in [-0.05, 0) is 50.8 Å². The van der Waals surface area contributed by atoms with Crippen molar-refractivity contribution < 1.29 is 19.2 Å². The molecule has 0 atom stereocenters. The lowest BCUT2D eigenvalue weighted by molar-refractivity contribution is -0.140. The van der Waals surface area contributed by atoms with Gasteiger partial charge in [0, 0.05) is 37.1 Å². The minimum atomic E-state index is -0.602. The van der Waals surface area contributed by atoms with E-state index in [4.69, 9.17) is 11.6 Å². The Bertz CT molecular complexity index is 904. The lowest BCUT2D eigenvalue weighted by Gasteiger charge is -2.36. The van der Waals surface area contributed by atoms with E-state index in [0.29, 0.717) is 43.6 Å². The molecule has 0 saturated carbocycles. The van der Waals surface area contributed by atoms with Crippen LogP contribution < -0.4 is 5.32 Å². The molecule has 0 spiro atoms. The number of imide groups is 1. The zero-order chi connectivity index (χ0) is 22.9. The topological polar surface area (TPSA) is 86.8 Å². The van der Waals surface area contributed by atoms with Crippen molar-refractivity contribution in [1.29, 1.82) is 0 Å². The van der Waals surface area contributed by atoms with E-state index in [0.717, 1.165) is 0 Å². The first kappa shape index (κ1) is 23.3. The number of hydrogen-bond acceptors (Lipinski definition) is 4. The number of nitrogens with one attached hydrogen (secondary N) is 1. The van der Waals surface area contributed by atoms with E-state index in [9.17, 15) is 19.2 Å². The maximum Gasteiger partial charge on any atom is 0.261 e. The second-order valence-electron chi connectivity index (χ2n) is 9.43. The number of likely N-dealkylation sites (tertiary alicyclic amines) is 1. The van der Waals surface area contributed by atoms with Gasteiger partial charge in [0.05, 0.1) is 16.5 Å². The fourth-order valence-corrected chi connectivity index (χ4v) is 4.06. The van der Waals surface area contributed by atoms with Crippen LogP contribution >= 0.6 is 11.6 Å². The molecular weight excluding hydrogens is 418 g/mol. The summed E-state index contributed by atoms with van der Waals surface area (Å²) in [6, 6.07) is 4.59. The van der Waals surface area contributed by atoms with Crippen molar-refractivity contribution in [2.75, 3.05) is 25.5 Å². The Morgan fingerprint density at radius 2 is 1.74 bits per heavy atom.